The number of carbonyl (C=O) groups excluding carboxylic acids is 1. The highest BCUT2D eigenvalue weighted by molar-refractivity contribution is 5.88. The van der Waals surface area contributed by atoms with Crippen molar-refractivity contribution in [2.75, 3.05) is 0 Å². The normalized spacial score (nSPS) is 21.4. The van der Waals surface area contributed by atoms with E-state index in [0.29, 0.717) is 17.9 Å². The van der Waals surface area contributed by atoms with E-state index in [-0.39, 0.29) is 23.9 Å². The molecule has 5 rings (SSSR count). The molecule has 3 N–H and O–H groups in total. The van der Waals surface area contributed by atoms with E-state index in [1.165, 1.54) is 43.2 Å². The van der Waals surface area contributed by atoms with Gasteiger partial charge in [-0.1, -0.05) is 49.1 Å². The molecule has 5 heteroatoms. The van der Waals surface area contributed by atoms with Gasteiger partial charge in [0.15, 0.2) is 0 Å². The summed E-state index contributed by atoms with van der Waals surface area (Å²) in [5.41, 5.74) is 11.4. The lowest BCUT2D eigenvalue weighted by atomic mass is 9.86. The predicted octanol–water partition coefficient (Wildman–Crippen LogP) is 6.31. The minimum Gasteiger partial charge on any atom is -0.353 e. The molecule has 37 heavy (non-hydrogen) atoms. The lowest BCUT2D eigenvalue weighted by Crippen LogP contribution is -2.40. The van der Waals surface area contributed by atoms with Crippen molar-refractivity contribution in [3.8, 4) is 6.07 Å². The molecule has 2 aromatic carbocycles. The van der Waals surface area contributed by atoms with Gasteiger partial charge >= 0.3 is 0 Å². The number of rotatable bonds is 7. The van der Waals surface area contributed by atoms with Crippen LogP contribution in [0.2, 0.25) is 0 Å². The van der Waals surface area contributed by atoms with Gasteiger partial charge in [0.25, 0.3) is 0 Å². The number of nitrogens with two attached hydrogens (primary N) is 1. The van der Waals surface area contributed by atoms with E-state index in [2.05, 4.69) is 59.4 Å². The van der Waals surface area contributed by atoms with Gasteiger partial charge in [-0.25, -0.2) is 0 Å². The summed E-state index contributed by atoms with van der Waals surface area (Å²) in [7, 11) is 0. The fraction of sp³-hybridized carbons (Fsp3) is 0.500. The van der Waals surface area contributed by atoms with Crippen molar-refractivity contribution >= 4 is 16.8 Å². The second kappa shape index (κ2) is 11.5. The summed E-state index contributed by atoms with van der Waals surface area (Å²) in [5, 5.41) is 14.1. The second-order valence-corrected chi connectivity index (χ2v) is 11.4. The molecular weight excluding hydrogens is 456 g/mol. The quantitative estimate of drug-likeness (QED) is 0.402. The van der Waals surface area contributed by atoms with Crippen LogP contribution in [0.25, 0.3) is 10.9 Å². The number of fused-ring (bicyclic) bond motifs is 1. The van der Waals surface area contributed by atoms with Gasteiger partial charge in [-0.15, -0.1) is 0 Å². The topological polar surface area (TPSA) is 83.8 Å². The van der Waals surface area contributed by atoms with Gasteiger partial charge in [0.2, 0.25) is 5.91 Å². The Morgan fingerprint density at radius 3 is 2.59 bits per heavy atom. The van der Waals surface area contributed by atoms with Crippen LogP contribution < -0.4 is 11.1 Å². The largest absolute Gasteiger partial charge is 0.353 e. The maximum absolute atomic E-state index is 13.4. The number of hydrogen-bond donors (Lipinski definition) is 2. The first-order valence-corrected chi connectivity index (χ1v) is 14.1. The summed E-state index contributed by atoms with van der Waals surface area (Å²) >= 11 is 0. The Bertz CT molecular complexity index is 1270. The molecule has 1 amide bonds. The monoisotopic (exact) mass is 496 g/mol. The third kappa shape index (κ3) is 6.08. The fourth-order valence-corrected chi connectivity index (χ4v) is 6.50. The highest BCUT2D eigenvalue weighted by Crippen LogP contribution is 2.37. The molecule has 2 aliphatic carbocycles. The molecule has 2 saturated carbocycles. The third-order valence-corrected chi connectivity index (χ3v) is 8.57. The number of amides is 1. The first kappa shape index (κ1) is 25.5. The summed E-state index contributed by atoms with van der Waals surface area (Å²) < 4.78 is 2.39. The summed E-state index contributed by atoms with van der Waals surface area (Å²) in [6, 6.07) is 17.4. The van der Waals surface area contributed by atoms with Crippen LogP contribution in [0.15, 0.2) is 48.7 Å². The average Bonchev–Trinajstić information content (AvgIpc) is 3.26. The Kier molecular flexibility index (Phi) is 7.96. The zero-order valence-corrected chi connectivity index (χ0v) is 22.1. The molecule has 0 aliphatic heterocycles. The summed E-state index contributed by atoms with van der Waals surface area (Å²) in [4.78, 5) is 13.4. The van der Waals surface area contributed by atoms with Gasteiger partial charge in [-0.3, -0.25) is 4.79 Å². The van der Waals surface area contributed by atoms with E-state index in [4.69, 9.17) is 5.73 Å². The molecule has 0 saturated heterocycles. The van der Waals surface area contributed by atoms with Crippen molar-refractivity contribution in [3.63, 3.8) is 0 Å². The third-order valence-electron chi connectivity index (χ3n) is 8.57. The zero-order chi connectivity index (χ0) is 25.8. The lowest BCUT2D eigenvalue weighted by molar-refractivity contribution is -0.122. The molecule has 1 aromatic heterocycles. The van der Waals surface area contributed by atoms with E-state index in [9.17, 15) is 10.1 Å². The Morgan fingerprint density at radius 1 is 1.08 bits per heavy atom. The number of nitrogens with one attached hydrogen (secondary N) is 1. The molecule has 0 radical (unpaired) electrons. The zero-order valence-electron chi connectivity index (χ0n) is 22.1. The number of nitrogens with zero attached hydrogens (tertiary/aromatic N) is 2. The fourth-order valence-electron chi connectivity index (χ4n) is 6.50. The number of aryl methyl sites for hydroxylation is 1. The van der Waals surface area contributed by atoms with E-state index >= 15 is 0 Å². The van der Waals surface area contributed by atoms with E-state index < -0.39 is 0 Å². The van der Waals surface area contributed by atoms with Gasteiger partial charge in [-0.05, 0) is 80.7 Å². The van der Waals surface area contributed by atoms with Crippen LogP contribution in [-0.4, -0.2) is 22.6 Å². The van der Waals surface area contributed by atoms with Gasteiger partial charge in [0.05, 0.1) is 11.6 Å². The van der Waals surface area contributed by atoms with Crippen LogP contribution in [0.3, 0.4) is 0 Å². The molecule has 3 aromatic rings. The summed E-state index contributed by atoms with van der Waals surface area (Å²) in [5.74, 6) is 0.706. The van der Waals surface area contributed by atoms with Crippen molar-refractivity contribution in [2.24, 2.45) is 11.7 Å². The van der Waals surface area contributed by atoms with Crippen molar-refractivity contribution in [2.45, 2.75) is 95.7 Å². The number of carbonyl (C=O) groups is 1. The minimum absolute atomic E-state index is 0.0743. The Labute approximate surface area is 221 Å². The Hall–Kier alpha value is -3.10. The van der Waals surface area contributed by atoms with Crippen LogP contribution in [0, 0.1) is 24.2 Å². The van der Waals surface area contributed by atoms with Crippen molar-refractivity contribution in [3.05, 3.63) is 70.9 Å². The van der Waals surface area contributed by atoms with Crippen LogP contribution in [0.4, 0.5) is 0 Å². The molecule has 1 unspecified atom stereocenters. The van der Waals surface area contributed by atoms with Gasteiger partial charge in [0.1, 0.15) is 0 Å². The molecule has 5 nitrogen and oxygen atoms in total. The van der Waals surface area contributed by atoms with Crippen molar-refractivity contribution < 1.29 is 4.79 Å². The van der Waals surface area contributed by atoms with Crippen molar-refractivity contribution in [1.82, 2.24) is 9.88 Å². The van der Waals surface area contributed by atoms with E-state index in [1.807, 2.05) is 12.1 Å². The first-order chi connectivity index (χ1) is 18.0. The van der Waals surface area contributed by atoms with Crippen LogP contribution in [0.1, 0.15) is 92.4 Å². The molecule has 194 valence electrons. The maximum atomic E-state index is 13.4. The molecule has 2 aliphatic rings. The van der Waals surface area contributed by atoms with Gasteiger partial charge in [0, 0.05) is 48.1 Å². The SMILES string of the molecule is Cc1cccc(C(CC(=O)NC2CCC(N)CC2)c2cn(CC3CCCCC3)c3ccc(C#N)cc23)c1. The standard InChI is InChI=1S/C32H40N4O/c1-22-6-5-9-25(16-22)28(18-32(37)35-27-13-11-26(34)12-14-27)30-21-36(20-23-7-3-2-4-8-23)31-15-10-24(19-33)17-29(30)31/h5-6,9-10,15-17,21,23,26-28H,2-4,7-8,11-14,18,20,34H2,1H3,(H,35,37). The molecular formula is C32H40N4O. The van der Waals surface area contributed by atoms with E-state index in [1.54, 1.807) is 0 Å². The number of hydrogen-bond acceptors (Lipinski definition) is 3. The highest BCUT2D eigenvalue weighted by atomic mass is 16.1. The lowest BCUT2D eigenvalue weighted by Gasteiger charge is -2.27. The predicted molar refractivity (Wildman–Crippen MR) is 149 cm³/mol. The Balaban J connectivity index is 1.50. The highest BCUT2D eigenvalue weighted by Gasteiger charge is 2.26. The summed E-state index contributed by atoms with van der Waals surface area (Å²) in [6.07, 6.45) is 13.0. The first-order valence-electron chi connectivity index (χ1n) is 14.1. The number of nitriles is 1. The average molecular weight is 497 g/mol. The minimum atomic E-state index is -0.0743. The molecule has 1 heterocycles. The van der Waals surface area contributed by atoms with Crippen molar-refractivity contribution in [1.29, 1.82) is 5.26 Å². The van der Waals surface area contributed by atoms with E-state index in [0.717, 1.165) is 48.7 Å². The molecule has 0 bridgehead atoms. The van der Waals surface area contributed by atoms with Crippen LogP contribution >= 0.6 is 0 Å². The molecule has 0 spiro atoms. The summed E-state index contributed by atoms with van der Waals surface area (Å²) in [6.45, 7) is 3.10. The molecule has 1 atom stereocenters. The number of benzene rings is 2. The number of aromatic nitrogens is 1. The van der Waals surface area contributed by atoms with Crippen LogP contribution in [-0.2, 0) is 11.3 Å². The van der Waals surface area contributed by atoms with Crippen LogP contribution in [0.5, 0.6) is 0 Å². The molecule has 2 fully saturated rings. The smallest absolute Gasteiger partial charge is 0.221 e. The van der Waals surface area contributed by atoms with Gasteiger partial charge < -0.3 is 15.6 Å². The maximum Gasteiger partial charge on any atom is 0.221 e. The second-order valence-electron chi connectivity index (χ2n) is 11.4. The Morgan fingerprint density at radius 2 is 1.86 bits per heavy atom. The van der Waals surface area contributed by atoms with Gasteiger partial charge in [-0.2, -0.15) is 5.26 Å².